The summed E-state index contributed by atoms with van der Waals surface area (Å²) in [6.07, 6.45) is 6.40. The quantitative estimate of drug-likeness (QED) is 0.877. The Labute approximate surface area is 136 Å². The number of nitrogens with one attached hydrogen (secondary N) is 1. The smallest absolute Gasteiger partial charge is 0.224 e. The fourth-order valence-electron chi connectivity index (χ4n) is 4.03. The van der Waals surface area contributed by atoms with E-state index in [1.165, 1.54) is 17.5 Å². The van der Waals surface area contributed by atoms with Crippen LogP contribution in [0.3, 0.4) is 0 Å². The van der Waals surface area contributed by atoms with Crippen molar-refractivity contribution in [3.8, 4) is 0 Å². The number of thioether (sulfide) groups is 1. The van der Waals surface area contributed by atoms with Crippen LogP contribution in [0, 0.1) is 5.92 Å². The molecule has 4 unspecified atom stereocenters. The number of carbonyl (C=O) groups excluding carboxylic acids is 1. The number of aliphatic hydroxyl groups excluding tert-OH is 1. The van der Waals surface area contributed by atoms with Crippen LogP contribution < -0.4 is 5.32 Å². The summed E-state index contributed by atoms with van der Waals surface area (Å²) in [6, 6.07) is 8.62. The minimum atomic E-state index is 0.00369. The predicted octanol–water partition coefficient (Wildman–Crippen LogP) is 2.51. The molecule has 1 saturated carbocycles. The number of rotatable bonds is 5. The fraction of sp³-hybridized carbons (Fsp3) is 0.611. The lowest BCUT2D eigenvalue weighted by Gasteiger charge is -2.27. The van der Waals surface area contributed by atoms with E-state index in [1.54, 1.807) is 11.8 Å². The Morgan fingerprint density at radius 1 is 1.50 bits per heavy atom. The third-order valence-corrected chi connectivity index (χ3v) is 6.59. The zero-order chi connectivity index (χ0) is 15.7. The average Bonchev–Trinajstić information content (AvgIpc) is 3.24. The Kier molecular flexibility index (Phi) is 4.51. The van der Waals surface area contributed by atoms with Gasteiger partial charge in [-0.2, -0.15) is 11.8 Å². The Morgan fingerprint density at radius 2 is 2.27 bits per heavy atom. The normalized spacial score (nSPS) is 28.8. The van der Waals surface area contributed by atoms with Crippen LogP contribution in [0.25, 0.3) is 0 Å². The van der Waals surface area contributed by atoms with Gasteiger partial charge < -0.3 is 10.4 Å². The zero-order valence-corrected chi connectivity index (χ0v) is 14.2. The van der Waals surface area contributed by atoms with Gasteiger partial charge >= 0.3 is 0 Å². The monoisotopic (exact) mass is 319 g/mol. The summed E-state index contributed by atoms with van der Waals surface area (Å²) in [5.41, 5.74) is 2.92. The molecule has 120 valence electrons. The highest BCUT2D eigenvalue weighted by Gasteiger charge is 2.60. The highest BCUT2D eigenvalue weighted by molar-refractivity contribution is 7.99. The Bertz CT molecular complexity index is 558. The number of fused-ring (bicyclic) bond motifs is 2. The highest BCUT2D eigenvalue weighted by atomic mass is 32.2. The van der Waals surface area contributed by atoms with Crippen LogP contribution in [0.4, 0.5) is 0 Å². The molecule has 1 fully saturated rings. The topological polar surface area (TPSA) is 49.3 Å². The molecule has 0 heterocycles. The van der Waals surface area contributed by atoms with Crippen molar-refractivity contribution < 1.29 is 9.90 Å². The van der Waals surface area contributed by atoms with Gasteiger partial charge in [-0.15, -0.1) is 0 Å². The summed E-state index contributed by atoms with van der Waals surface area (Å²) in [6.45, 7) is 2.08. The Hall–Kier alpha value is -1.00. The minimum absolute atomic E-state index is 0.00369. The summed E-state index contributed by atoms with van der Waals surface area (Å²) in [4.78, 5) is 12.6. The summed E-state index contributed by atoms with van der Waals surface area (Å²) in [7, 11) is 0. The molecule has 0 aromatic heterocycles. The maximum Gasteiger partial charge on any atom is 0.224 e. The van der Waals surface area contributed by atoms with Crippen molar-refractivity contribution in [3.63, 3.8) is 0 Å². The van der Waals surface area contributed by atoms with E-state index in [0.717, 1.165) is 19.3 Å². The number of aliphatic hydroxyl groups is 1. The number of carbonyl (C=O) groups is 1. The van der Waals surface area contributed by atoms with Gasteiger partial charge in [0.1, 0.15) is 0 Å². The molecule has 0 radical (unpaired) electrons. The first kappa shape index (κ1) is 15.9. The van der Waals surface area contributed by atoms with Gasteiger partial charge in [-0.25, -0.2) is 0 Å². The van der Waals surface area contributed by atoms with Gasteiger partial charge in [0.05, 0.1) is 6.61 Å². The number of amides is 1. The second kappa shape index (κ2) is 6.25. The van der Waals surface area contributed by atoms with Crippen LogP contribution in [0.15, 0.2) is 24.3 Å². The molecule has 1 spiro atoms. The van der Waals surface area contributed by atoms with E-state index >= 15 is 0 Å². The van der Waals surface area contributed by atoms with E-state index in [0.29, 0.717) is 0 Å². The third-order valence-electron chi connectivity index (χ3n) is 5.42. The standard InChI is InChI=1S/C18H25NO2S/c1-12(16(11-20)22-2)19-17(21)15-10-18(15)9-5-7-13-6-3-4-8-14(13)18/h3-4,6,8,12,15-16,20H,5,7,9-11H2,1-2H3,(H,19,21). The largest absolute Gasteiger partial charge is 0.395 e. The van der Waals surface area contributed by atoms with Crippen LogP contribution in [-0.4, -0.2) is 35.2 Å². The molecule has 0 aliphatic heterocycles. The van der Waals surface area contributed by atoms with Crippen molar-refractivity contribution in [2.45, 2.75) is 49.3 Å². The lowest BCUT2D eigenvalue weighted by molar-refractivity contribution is -0.123. The molecule has 0 saturated heterocycles. The van der Waals surface area contributed by atoms with E-state index in [2.05, 4.69) is 29.6 Å². The Balaban J connectivity index is 1.71. The Morgan fingerprint density at radius 3 is 3.00 bits per heavy atom. The van der Waals surface area contributed by atoms with Gasteiger partial charge in [-0.1, -0.05) is 24.3 Å². The van der Waals surface area contributed by atoms with Crippen LogP contribution in [0.5, 0.6) is 0 Å². The van der Waals surface area contributed by atoms with E-state index in [1.807, 2.05) is 13.2 Å². The molecule has 4 heteroatoms. The van der Waals surface area contributed by atoms with Crippen molar-refractivity contribution in [2.24, 2.45) is 5.92 Å². The molecule has 3 rings (SSSR count). The van der Waals surface area contributed by atoms with E-state index in [-0.39, 0.29) is 35.1 Å². The second-order valence-electron chi connectivity index (χ2n) is 6.68. The molecule has 0 bridgehead atoms. The fourth-order valence-corrected chi connectivity index (χ4v) is 4.66. The first-order valence-electron chi connectivity index (χ1n) is 8.15. The minimum Gasteiger partial charge on any atom is -0.395 e. The van der Waals surface area contributed by atoms with Gasteiger partial charge in [0.2, 0.25) is 5.91 Å². The number of benzene rings is 1. The predicted molar refractivity (Wildman–Crippen MR) is 91.2 cm³/mol. The van der Waals surface area contributed by atoms with Crippen LogP contribution in [0.2, 0.25) is 0 Å². The van der Waals surface area contributed by atoms with Crippen molar-refractivity contribution in [1.29, 1.82) is 0 Å². The maximum atomic E-state index is 12.6. The van der Waals surface area contributed by atoms with Crippen molar-refractivity contribution in [2.75, 3.05) is 12.9 Å². The molecule has 2 aliphatic rings. The first-order valence-corrected chi connectivity index (χ1v) is 9.43. The van der Waals surface area contributed by atoms with Gasteiger partial charge in [-0.05, 0) is 50.0 Å². The average molecular weight is 319 g/mol. The second-order valence-corrected chi connectivity index (χ2v) is 7.75. The molecular formula is C18H25NO2S. The maximum absolute atomic E-state index is 12.6. The summed E-state index contributed by atoms with van der Waals surface area (Å²) < 4.78 is 0. The highest BCUT2D eigenvalue weighted by Crippen LogP contribution is 2.60. The molecule has 1 amide bonds. The molecule has 2 N–H and O–H groups in total. The number of aryl methyl sites for hydroxylation is 1. The van der Waals surface area contributed by atoms with Gasteiger partial charge in [0.25, 0.3) is 0 Å². The molecular weight excluding hydrogens is 294 g/mol. The molecule has 4 atom stereocenters. The molecule has 1 aromatic rings. The van der Waals surface area contributed by atoms with Crippen LogP contribution >= 0.6 is 11.8 Å². The number of hydrogen-bond acceptors (Lipinski definition) is 3. The SMILES string of the molecule is CSC(CO)C(C)NC(=O)C1CC12CCCc1ccccc12. The molecule has 22 heavy (non-hydrogen) atoms. The summed E-state index contributed by atoms with van der Waals surface area (Å²) in [5.74, 6) is 0.273. The van der Waals surface area contributed by atoms with E-state index in [9.17, 15) is 9.90 Å². The third kappa shape index (κ3) is 2.67. The lowest BCUT2D eigenvalue weighted by atomic mass is 9.78. The molecule has 3 nitrogen and oxygen atoms in total. The lowest BCUT2D eigenvalue weighted by Crippen LogP contribution is -2.43. The van der Waals surface area contributed by atoms with Gasteiger partial charge in [0, 0.05) is 22.6 Å². The van der Waals surface area contributed by atoms with E-state index in [4.69, 9.17) is 0 Å². The van der Waals surface area contributed by atoms with Crippen molar-refractivity contribution in [3.05, 3.63) is 35.4 Å². The molecule has 1 aromatic carbocycles. The zero-order valence-electron chi connectivity index (χ0n) is 13.3. The molecule has 2 aliphatic carbocycles. The van der Waals surface area contributed by atoms with Crippen LogP contribution in [-0.2, 0) is 16.6 Å². The van der Waals surface area contributed by atoms with Gasteiger partial charge in [-0.3, -0.25) is 4.79 Å². The summed E-state index contributed by atoms with van der Waals surface area (Å²) in [5, 5.41) is 12.6. The van der Waals surface area contributed by atoms with Crippen molar-refractivity contribution >= 4 is 17.7 Å². The summed E-state index contributed by atoms with van der Waals surface area (Å²) >= 11 is 1.60. The first-order chi connectivity index (χ1) is 10.6. The van der Waals surface area contributed by atoms with Gasteiger partial charge in [0.15, 0.2) is 0 Å². The van der Waals surface area contributed by atoms with Crippen molar-refractivity contribution in [1.82, 2.24) is 5.32 Å². The van der Waals surface area contributed by atoms with E-state index < -0.39 is 0 Å². The van der Waals surface area contributed by atoms with Crippen LogP contribution in [0.1, 0.15) is 37.3 Å². The number of hydrogen-bond donors (Lipinski definition) is 2.